The highest BCUT2D eigenvalue weighted by molar-refractivity contribution is 6.10. The molecule has 0 fully saturated rings. The number of hydrogen-bond donors (Lipinski definition) is 1. The van der Waals surface area contributed by atoms with Gasteiger partial charge in [0.25, 0.3) is 0 Å². The zero-order valence-electron chi connectivity index (χ0n) is 11.4. The summed E-state index contributed by atoms with van der Waals surface area (Å²) in [7, 11) is 0. The van der Waals surface area contributed by atoms with Crippen molar-refractivity contribution in [1.82, 2.24) is 0 Å². The fourth-order valence-corrected chi connectivity index (χ4v) is 1.87. The largest absolute Gasteiger partial charge is 0.872 e. The molecule has 0 aliphatic rings. The maximum atomic E-state index is 12.0. The van der Waals surface area contributed by atoms with Gasteiger partial charge in [0.1, 0.15) is 5.75 Å². The highest BCUT2D eigenvalue weighted by atomic mass is 16.3. The highest BCUT2D eigenvalue weighted by Gasteiger charge is 2.11. The number of ketones is 2. The second-order valence-corrected chi connectivity index (χ2v) is 4.53. The molecule has 0 spiro atoms. The Morgan fingerprint density at radius 2 is 1.76 bits per heavy atom. The van der Waals surface area contributed by atoms with Crippen molar-refractivity contribution >= 4 is 17.6 Å². The molecule has 0 aliphatic carbocycles. The molecule has 1 N–H and O–H groups in total. The van der Waals surface area contributed by atoms with E-state index in [-0.39, 0.29) is 11.1 Å². The number of carbonyl (C=O) groups excluding carboxylic acids is 2. The Kier molecular flexibility index (Phi) is 4.18. The van der Waals surface area contributed by atoms with Crippen LogP contribution in [0.3, 0.4) is 0 Å². The standard InChI is InChI=1S/C17H14O4/c1-11(18)13-9-14(17(21)10-16(13)20)15(19)8-7-12-5-3-2-4-6-12/h2-10,20-21H,1H3/p-1/b8-7-. The summed E-state index contributed by atoms with van der Waals surface area (Å²) < 4.78 is 0. The number of Topliss-reactive ketones (excluding diaryl/α,β-unsaturated/α-hetero) is 1. The lowest BCUT2D eigenvalue weighted by Crippen LogP contribution is -2.05. The van der Waals surface area contributed by atoms with Gasteiger partial charge in [0.05, 0.1) is 5.56 Å². The van der Waals surface area contributed by atoms with E-state index in [4.69, 9.17) is 0 Å². The second kappa shape index (κ2) is 6.05. The van der Waals surface area contributed by atoms with Crippen LogP contribution >= 0.6 is 0 Å². The average Bonchev–Trinajstić information content (AvgIpc) is 2.45. The summed E-state index contributed by atoms with van der Waals surface area (Å²) in [6.45, 7) is 1.26. The van der Waals surface area contributed by atoms with Crippen molar-refractivity contribution in [3.05, 3.63) is 65.2 Å². The Morgan fingerprint density at radius 3 is 2.38 bits per heavy atom. The van der Waals surface area contributed by atoms with Crippen LogP contribution in [-0.4, -0.2) is 16.7 Å². The lowest BCUT2D eigenvalue weighted by atomic mass is 10.0. The average molecular weight is 281 g/mol. The molecule has 0 aliphatic heterocycles. The minimum Gasteiger partial charge on any atom is -0.872 e. The molecule has 2 rings (SSSR count). The van der Waals surface area contributed by atoms with Crippen molar-refractivity contribution in [3.63, 3.8) is 0 Å². The number of rotatable bonds is 4. The van der Waals surface area contributed by atoms with Gasteiger partial charge >= 0.3 is 0 Å². The van der Waals surface area contributed by atoms with Crippen LogP contribution in [0, 0.1) is 0 Å². The molecule has 106 valence electrons. The first-order chi connectivity index (χ1) is 9.99. The molecular formula is C17H13O4-. The van der Waals surface area contributed by atoms with E-state index in [2.05, 4.69) is 0 Å². The lowest BCUT2D eigenvalue weighted by molar-refractivity contribution is -0.268. The van der Waals surface area contributed by atoms with Gasteiger partial charge in [-0.2, -0.15) is 0 Å². The predicted molar refractivity (Wildman–Crippen MR) is 77.4 cm³/mol. The number of benzene rings is 2. The zero-order valence-corrected chi connectivity index (χ0v) is 11.4. The van der Waals surface area contributed by atoms with Crippen LogP contribution < -0.4 is 5.11 Å². The molecule has 4 nitrogen and oxygen atoms in total. The fraction of sp³-hybridized carbons (Fsp3) is 0.0588. The molecule has 21 heavy (non-hydrogen) atoms. The maximum Gasteiger partial charge on any atom is 0.185 e. The molecule has 0 unspecified atom stereocenters. The Balaban J connectivity index is 2.33. The van der Waals surface area contributed by atoms with Gasteiger partial charge < -0.3 is 10.2 Å². The van der Waals surface area contributed by atoms with Crippen LogP contribution in [0.1, 0.15) is 33.2 Å². The normalized spacial score (nSPS) is 10.7. The number of phenolic OH excluding ortho intramolecular Hbond substituents is 1. The first kappa shape index (κ1) is 14.5. The molecule has 4 heteroatoms. The molecule has 0 aromatic heterocycles. The van der Waals surface area contributed by atoms with Crippen molar-refractivity contribution < 1.29 is 19.8 Å². The van der Waals surface area contributed by atoms with Crippen LogP contribution in [-0.2, 0) is 0 Å². The molecule has 0 amide bonds. The van der Waals surface area contributed by atoms with Gasteiger partial charge in [0.2, 0.25) is 0 Å². The topological polar surface area (TPSA) is 77.4 Å². The van der Waals surface area contributed by atoms with E-state index in [0.717, 1.165) is 17.7 Å². The van der Waals surface area contributed by atoms with E-state index in [0.29, 0.717) is 0 Å². The Bertz CT molecular complexity index is 715. The first-order valence-corrected chi connectivity index (χ1v) is 6.31. The zero-order chi connectivity index (χ0) is 15.4. The van der Waals surface area contributed by atoms with E-state index >= 15 is 0 Å². The third kappa shape index (κ3) is 3.36. The Hall–Kier alpha value is -2.88. The van der Waals surface area contributed by atoms with Gasteiger partial charge in [-0.1, -0.05) is 42.2 Å². The van der Waals surface area contributed by atoms with Gasteiger partial charge in [0, 0.05) is 5.56 Å². The SMILES string of the molecule is CC(=O)c1cc(C(=O)/C=C\c2ccccc2)c([O-])cc1O. The summed E-state index contributed by atoms with van der Waals surface area (Å²) in [5.41, 5.74) is 0.653. The fourth-order valence-electron chi connectivity index (χ4n) is 1.87. The van der Waals surface area contributed by atoms with Crippen molar-refractivity contribution in [2.45, 2.75) is 6.92 Å². The minimum atomic E-state index is -0.611. The van der Waals surface area contributed by atoms with Gasteiger partial charge in [-0.25, -0.2) is 0 Å². The molecule has 2 aromatic rings. The van der Waals surface area contributed by atoms with Crippen LogP contribution in [0.4, 0.5) is 0 Å². The number of allylic oxidation sites excluding steroid dienone is 1. The van der Waals surface area contributed by atoms with E-state index in [1.807, 2.05) is 30.3 Å². The van der Waals surface area contributed by atoms with Crippen molar-refractivity contribution in [3.8, 4) is 11.5 Å². The number of phenols is 1. The second-order valence-electron chi connectivity index (χ2n) is 4.53. The Morgan fingerprint density at radius 1 is 1.10 bits per heavy atom. The minimum absolute atomic E-state index is 0.0361. The highest BCUT2D eigenvalue weighted by Crippen LogP contribution is 2.26. The van der Waals surface area contributed by atoms with Gasteiger partial charge in [-0.15, -0.1) is 0 Å². The number of hydrogen-bond acceptors (Lipinski definition) is 4. The van der Waals surface area contributed by atoms with Gasteiger partial charge in [-0.3, -0.25) is 9.59 Å². The summed E-state index contributed by atoms with van der Waals surface area (Å²) in [4.78, 5) is 23.4. The summed E-state index contributed by atoms with van der Waals surface area (Å²) >= 11 is 0. The lowest BCUT2D eigenvalue weighted by Gasteiger charge is -2.13. The summed E-state index contributed by atoms with van der Waals surface area (Å²) in [6, 6.07) is 11.2. The van der Waals surface area contributed by atoms with Crippen LogP contribution in [0.5, 0.6) is 11.5 Å². The number of carbonyl (C=O) groups is 2. The maximum absolute atomic E-state index is 12.0. The smallest absolute Gasteiger partial charge is 0.185 e. The monoisotopic (exact) mass is 281 g/mol. The quantitative estimate of drug-likeness (QED) is 0.690. The van der Waals surface area contributed by atoms with E-state index in [1.165, 1.54) is 13.0 Å². The summed E-state index contributed by atoms with van der Waals surface area (Å²) in [5, 5.41) is 21.3. The van der Waals surface area contributed by atoms with Crippen molar-refractivity contribution in [2.75, 3.05) is 0 Å². The first-order valence-electron chi connectivity index (χ1n) is 6.31. The van der Waals surface area contributed by atoms with Gasteiger partial charge in [0.15, 0.2) is 11.6 Å². The van der Waals surface area contributed by atoms with Gasteiger partial charge in [-0.05, 0) is 30.7 Å². The van der Waals surface area contributed by atoms with E-state index < -0.39 is 23.1 Å². The molecule has 0 bridgehead atoms. The molecule has 0 atom stereocenters. The van der Waals surface area contributed by atoms with E-state index in [9.17, 15) is 19.8 Å². The number of aromatic hydroxyl groups is 1. The van der Waals surface area contributed by atoms with Crippen molar-refractivity contribution in [1.29, 1.82) is 0 Å². The summed E-state index contributed by atoms with van der Waals surface area (Å²) in [5.74, 6) is -1.93. The van der Waals surface area contributed by atoms with Crippen molar-refractivity contribution in [2.24, 2.45) is 0 Å². The summed E-state index contributed by atoms with van der Waals surface area (Å²) in [6.07, 6.45) is 2.86. The van der Waals surface area contributed by atoms with Crippen LogP contribution in [0.15, 0.2) is 48.5 Å². The molecule has 2 aromatic carbocycles. The molecule has 0 radical (unpaired) electrons. The van der Waals surface area contributed by atoms with Crippen LogP contribution in [0.2, 0.25) is 0 Å². The Labute approximate surface area is 122 Å². The third-order valence-corrected chi connectivity index (χ3v) is 2.97. The van der Waals surface area contributed by atoms with E-state index in [1.54, 1.807) is 6.08 Å². The molecule has 0 heterocycles. The molecular weight excluding hydrogens is 268 g/mol. The molecule has 0 saturated carbocycles. The predicted octanol–water partition coefficient (Wildman–Crippen LogP) is 2.56. The van der Waals surface area contributed by atoms with Crippen LogP contribution in [0.25, 0.3) is 6.08 Å². The molecule has 0 saturated heterocycles. The third-order valence-electron chi connectivity index (χ3n) is 2.97.